The van der Waals surface area contributed by atoms with Gasteiger partial charge in [-0.1, -0.05) is 11.6 Å². The van der Waals surface area contributed by atoms with Gasteiger partial charge in [-0.05, 0) is 38.0 Å². The number of hydrogen-bond acceptors (Lipinski definition) is 3. The maximum atomic E-state index is 12.2. The number of halogens is 1. The van der Waals surface area contributed by atoms with Crippen molar-refractivity contribution in [3.05, 3.63) is 28.8 Å². The van der Waals surface area contributed by atoms with Gasteiger partial charge in [0, 0.05) is 5.56 Å². The summed E-state index contributed by atoms with van der Waals surface area (Å²) in [5.41, 5.74) is 0.506. The van der Waals surface area contributed by atoms with Crippen LogP contribution in [0.3, 0.4) is 0 Å². The topological polar surface area (TPSA) is 35.5 Å². The van der Waals surface area contributed by atoms with Crippen LogP contribution >= 0.6 is 11.6 Å². The molecule has 1 aromatic rings. The molecule has 0 saturated carbocycles. The molecule has 1 aliphatic rings. The van der Waals surface area contributed by atoms with Gasteiger partial charge in [0.15, 0.2) is 5.78 Å². The Morgan fingerprint density at radius 3 is 2.76 bits per heavy atom. The molecule has 1 aromatic carbocycles. The standard InChI is InChI=1S/C13H15ClO3/c1-8-3-6-12(17-8)13(15)10-5-4-9(16-2)7-11(10)14/h4-5,7-8,12H,3,6H2,1-2H3. The minimum atomic E-state index is -0.351. The van der Waals surface area contributed by atoms with Crippen molar-refractivity contribution in [2.24, 2.45) is 0 Å². The van der Waals surface area contributed by atoms with Gasteiger partial charge in [0.1, 0.15) is 11.9 Å². The number of Topliss-reactive ketones (excluding diaryl/α,β-unsaturated/α-hetero) is 1. The van der Waals surface area contributed by atoms with E-state index in [4.69, 9.17) is 21.1 Å². The van der Waals surface area contributed by atoms with E-state index in [1.807, 2.05) is 6.92 Å². The van der Waals surface area contributed by atoms with Crippen molar-refractivity contribution < 1.29 is 14.3 Å². The Kier molecular flexibility index (Phi) is 3.69. The second-order valence-corrected chi connectivity index (χ2v) is 4.63. The molecular formula is C13H15ClO3. The van der Waals surface area contributed by atoms with E-state index in [0.717, 1.165) is 12.8 Å². The van der Waals surface area contributed by atoms with Gasteiger partial charge in [0.25, 0.3) is 0 Å². The van der Waals surface area contributed by atoms with Gasteiger partial charge in [-0.25, -0.2) is 0 Å². The quantitative estimate of drug-likeness (QED) is 0.778. The van der Waals surface area contributed by atoms with Crippen LogP contribution in [0.5, 0.6) is 5.75 Å². The zero-order valence-electron chi connectivity index (χ0n) is 9.90. The Balaban J connectivity index is 2.19. The van der Waals surface area contributed by atoms with Crippen LogP contribution in [0.1, 0.15) is 30.1 Å². The molecule has 1 fully saturated rings. The fraction of sp³-hybridized carbons (Fsp3) is 0.462. The molecule has 2 unspecified atom stereocenters. The molecule has 17 heavy (non-hydrogen) atoms. The SMILES string of the molecule is COc1ccc(C(=O)C2CCC(C)O2)c(Cl)c1. The molecule has 2 atom stereocenters. The van der Waals surface area contributed by atoms with E-state index >= 15 is 0 Å². The molecule has 1 saturated heterocycles. The molecule has 1 aliphatic heterocycles. The maximum absolute atomic E-state index is 12.2. The second kappa shape index (κ2) is 5.07. The highest BCUT2D eigenvalue weighted by molar-refractivity contribution is 6.34. The fourth-order valence-corrected chi connectivity index (χ4v) is 2.26. The predicted octanol–water partition coefficient (Wildman–Crippen LogP) is 3.10. The number of rotatable bonds is 3. The molecule has 0 radical (unpaired) electrons. The largest absolute Gasteiger partial charge is 0.497 e. The number of benzene rings is 1. The predicted molar refractivity (Wildman–Crippen MR) is 65.9 cm³/mol. The highest BCUT2D eigenvalue weighted by Crippen LogP contribution is 2.28. The van der Waals surface area contributed by atoms with E-state index in [-0.39, 0.29) is 18.0 Å². The van der Waals surface area contributed by atoms with Gasteiger partial charge in [-0.15, -0.1) is 0 Å². The highest BCUT2D eigenvalue weighted by atomic mass is 35.5. The van der Waals surface area contributed by atoms with Crippen LogP contribution in [0.15, 0.2) is 18.2 Å². The van der Waals surface area contributed by atoms with E-state index in [2.05, 4.69) is 0 Å². The molecule has 1 heterocycles. The molecule has 4 heteroatoms. The molecule has 0 bridgehead atoms. The molecule has 3 nitrogen and oxygen atoms in total. The van der Waals surface area contributed by atoms with Crippen molar-refractivity contribution in [1.82, 2.24) is 0 Å². The van der Waals surface area contributed by atoms with Crippen molar-refractivity contribution in [1.29, 1.82) is 0 Å². The zero-order valence-corrected chi connectivity index (χ0v) is 10.7. The third-order valence-electron chi connectivity index (χ3n) is 2.97. The summed E-state index contributed by atoms with van der Waals surface area (Å²) in [6.45, 7) is 1.98. The number of carbonyl (C=O) groups is 1. The zero-order chi connectivity index (χ0) is 12.4. The first-order chi connectivity index (χ1) is 8.11. The lowest BCUT2D eigenvalue weighted by Crippen LogP contribution is -2.21. The molecule has 0 aliphatic carbocycles. The first kappa shape index (κ1) is 12.4. The number of hydrogen-bond donors (Lipinski definition) is 0. The van der Waals surface area contributed by atoms with Crippen LogP contribution in [0.25, 0.3) is 0 Å². The van der Waals surface area contributed by atoms with Crippen molar-refractivity contribution in [2.45, 2.75) is 32.0 Å². The number of ether oxygens (including phenoxy) is 2. The summed E-state index contributed by atoms with van der Waals surface area (Å²) in [5, 5.41) is 0.414. The normalized spacial score (nSPS) is 23.7. The van der Waals surface area contributed by atoms with Crippen LogP contribution in [-0.4, -0.2) is 25.1 Å². The van der Waals surface area contributed by atoms with Gasteiger partial charge >= 0.3 is 0 Å². The highest BCUT2D eigenvalue weighted by Gasteiger charge is 2.29. The minimum absolute atomic E-state index is 0.0398. The summed E-state index contributed by atoms with van der Waals surface area (Å²) in [6, 6.07) is 5.07. The van der Waals surface area contributed by atoms with Crippen LogP contribution < -0.4 is 4.74 Å². The van der Waals surface area contributed by atoms with Crippen molar-refractivity contribution in [3.8, 4) is 5.75 Å². The average Bonchev–Trinajstić information content (AvgIpc) is 2.75. The van der Waals surface area contributed by atoms with Crippen molar-refractivity contribution >= 4 is 17.4 Å². The van der Waals surface area contributed by atoms with Gasteiger partial charge in [-0.2, -0.15) is 0 Å². The molecule has 0 N–H and O–H groups in total. The number of ketones is 1. The Hall–Kier alpha value is -1.06. The summed E-state index contributed by atoms with van der Waals surface area (Å²) >= 11 is 6.06. The van der Waals surface area contributed by atoms with Crippen LogP contribution in [-0.2, 0) is 4.74 Å². The third-order valence-corrected chi connectivity index (χ3v) is 3.28. The van der Waals surface area contributed by atoms with Gasteiger partial charge < -0.3 is 9.47 Å². The number of methoxy groups -OCH3 is 1. The van der Waals surface area contributed by atoms with E-state index in [1.165, 1.54) is 0 Å². The Morgan fingerprint density at radius 2 is 2.24 bits per heavy atom. The van der Waals surface area contributed by atoms with Crippen LogP contribution in [0, 0.1) is 0 Å². The Bertz CT molecular complexity index is 431. The lowest BCUT2D eigenvalue weighted by molar-refractivity contribution is 0.0433. The van der Waals surface area contributed by atoms with Crippen molar-refractivity contribution in [3.63, 3.8) is 0 Å². The van der Waals surface area contributed by atoms with E-state index in [0.29, 0.717) is 16.3 Å². The van der Waals surface area contributed by atoms with Crippen LogP contribution in [0.4, 0.5) is 0 Å². The Morgan fingerprint density at radius 1 is 1.47 bits per heavy atom. The first-order valence-electron chi connectivity index (χ1n) is 5.65. The lowest BCUT2D eigenvalue weighted by atomic mass is 10.0. The smallest absolute Gasteiger partial charge is 0.193 e. The molecular weight excluding hydrogens is 240 g/mol. The van der Waals surface area contributed by atoms with Gasteiger partial charge in [0.05, 0.1) is 18.2 Å². The van der Waals surface area contributed by atoms with E-state index in [1.54, 1.807) is 25.3 Å². The second-order valence-electron chi connectivity index (χ2n) is 4.22. The molecule has 0 amide bonds. The summed E-state index contributed by atoms with van der Waals surface area (Å²) in [5.74, 6) is 0.606. The Labute approximate surface area is 106 Å². The van der Waals surface area contributed by atoms with E-state index < -0.39 is 0 Å². The monoisotopic (exact) mass is 254 g/mol. The third kappa shape index (κ3) is 2.61. The van der Waals surface area contributed by atoms with Gasteiger partial charge in [0.2, 0.25) is 0 Å². The average molecular weight is 255 g/mol. The lowest BCUT2D eigenvalue weighted by Gasteiger charge is -2.11. The molecule has 92 valence electrons. The first-order valence-corrected chi connectivity index (χ1v) is 6.03. The summed E-state index contributed by atoms with van der Waals surface area (Å²) in [6.07, 6.45) is 1.49. The number of carbonyl (C=O) groups excluding carboxylic acids is 1. The maximum Gasteiger partial charge on any atom is 0.193 e. The van der Waals surface area contributed by atoms with E-state index in [9.17, 15) is 4.79 Å². The molecule has 0 spiro atoms. The molecule has 2 rings (SSSR count). The van der Waals surface area contributed by atoms with Gasteiger partial charge in [-0.3, -0.25) is 4.79 Å². The van der Waals surface area contributed by atoms with Crippen LogP contribution in [0.2, 0.25) is 5.02 Å². The van der Waals surface area contributed by atoms with Crippen molar-refractivity contribution in [2.75, 3.05) is 7.11 Å². The minimum Gasteiger partial charge on any atom is -0.497 e. The summed E-state index contributed by atoms with van der Waals surface area (Å²) < 4.78 is 10.6. The molecule has 0 aromatic heterocycles. The fourth-order valence-electron chi connectivity index (χ4n) is 1.99. The summed E-state index contributed by atoms with van der Waals surface area (Å²) in [7, 11) is 1.56. The summed E-state index contributed by atoms with van der Waals surface area (Å²) in [4.78, 5) is 12.2.